The topological polar surface area (TPSA) is 44.1 Å². The van der Waals surface area contributed by atoms with Crippen molar-refractivity contribution in [3.8, 4) is 0 Å². The van der Waals surface area contributed by atoms with Crippen LogP contribution in [0.1, 0.15) is 61.1 Å². The number of benzene rings is 1. The zero-order valence-electron chi connectivity index (χ0n) is 14.7. The molecule has 1 fully saturated rings. The molecule has 1 atom stereocenters. The second-order valence-electron chi connectivity index (χ2n) is 6.66. The largest absolute Gasteiger partial charge is 0.449 e. The van der Waals surface area contributed by atoms with Gasteiger partial charge in [-0.2, -0.15) is 4.39 Å². The summed E-state index contributed by atoms with van der Waals surface area (Å²) in [5.74, 6) is -1.54. The van der Waals surface area contributed by atoms with Gasteiger partial charge in [-0.15, -0.1) is 0 Å². The van der Waals surface area contributed by atoms with Gasteiger partial charge in [-0.25, -0.2) is 9.78 Å². The van der Waals surface area contributed by atoms with Gasteiger partial charge in [0.15, 0.2) is 5.69 Å². The lowest BCUT2D eigenvalue weighted by Crippen LogP contribution is -2.36. The van der Waals surface area contributed by atoms with Gasteiger partial charge in [-0.1, -0.05) is 36.8 Å². The Hall–Kier alpha value is -2.30. The lowest BCUT2D eigenvalue weighted by Gasteiger charge is -2.33. The smallest absolute Gasteiger partial charge is 0.360 e. The number of aromatic nitrogens is 2. The van der Waals surface area contributed by atoms with E-state index in [0.717, 1.165) is 24.8 Å². The molecule has 4 nitrogen and oxygen atoms in total. The van der Waals surface area contributed by atoms with E-state index in [2.05, 4.69) is 10.0 Å². The summed E-state index contributed by atoms with van der Waals surface area (Å²) in [6.45, 7) is 1.89. The highest BCUT2D eigenvalue weighted by atomic mass is 32.1. The molecule has 1 saturated carbocycles. The minimum absolute atomic E-state index is 0.163. The maximum Gasteiger partial charge on any atom is 0.360 e. The standard InChI is InChI=1S/C20H21FN2O2S/c1-15(16-8-4-2-5-9-16)23-14-22-18(21)17(23)19(24)25-20(12-13-26)10-6-3-7-11-20/h2,4-5,8-9,12,14-15H,3,6-7,10-11H2,1H3/t15-/m1/s1. The lowest BCUT2D eigenvalue weighted by molar-refractivity contribution is -0.0123. The van der Waals surface area contributed by atoms with E-state index < -0.39 is 17.5 Å². The van der Waals surface area contributed by atoms with Gasteiger partial charge in [0.1, 0.15) is 5.60 Å². The molecule has 1 aliphatic carbocycles. The van der Waals surface area contributed by atoms with Crippen LogP contribution in [0.5, 0.6) is 0 Å². The molecular weight excluding hydrogens is 351 g/mol. The van der Waals surface area contributed by atoms with Crippen LogP contribution in [-0.2, 0) is 4.74 Å². The summed E-state index contributed by atoms with van der Waals surface area (Å²) in [6.07, 6.45) is 7.26. The fourth-order valence-corrected chi connectivity index (χ4v) is 3.69. The van der Waals surface area contributed by atoms with E-state index in [1.165, 1.54) is 10.9 Å². The van der Waals surface area contributed by atoms with Crippen LogP contribution in [0.15, 0.2) is 42.7 Å². The molecule has 26 heavy (non-hydrogen) atoms. The summed E-state index contributed by atoms with van der Waals surface area (Å²) >= 11 is 4.83. The van der Waals surface area contributed by atoms with Gasteiger partial charge in [-0.05, 0) is 55.4 Å². The Labute approximate surface area is 157 Å². The van der Waals surface area contributed by atoms with Gasteiger partial charge in [0.05, 0.1) is 12.4 Å². The number of ether oxygens (including phenoxy) is 1. The highest BCUT2D eigenvalue weighted by Crippen LogP contribution is 2.34. The predicted molar refractivity (Wildman–Crippen MR) is 101 cm³/mol. The van der Waals surface area contributed by atoms with Gasteiger partial charge < -0.3 is 9.30 Å². The Morgan fingerprint density at radius 3 is 2.69 bits per heavy atom. The van der Waals surface area contributed by atoms with Gasteiger partial charge in [0, 0.05) is 6.08 Å². The van der Waals surface area contributed by atoms with Crippen molar-refractivity contribution in [2.45, 2.75) is 50.7 Å². The van der Waals surface area contributed by atoms with Crippen molar-refractivity contribution in [2.75, 3.05) is 0 Å². The van der Waals surface area contributed by atoms with Crippen LogP contribution in [0.2, 0.25) is 0 Å². The fourth-order valence-electron chi connectivity index (χ4n) is 3.48. The van der Waals surface area contributed by atoms with E-state index >= 15 is 0 Å². The average Bonchev–Trinajstić information content (AvgIpc) is 3.04. The average molecular weight is 372 g/mol. The third-order valence-corrected chi connectivity index (χ3v) is 5.08. The second-order valence-corrected chi connectivity index (χ2v) is 6.89. The molecule has 0 bridgehead atoms. The maximum atomic E-state index is 14.3. The van der Waals surface area contributed by atoms with Crippen molar-refractivity contribution in [1.82, 2.24) is 9.55 Å². The van der Waals surface area contributed by atoms with Crippen LogP contribution in [0.4, 0.5) is 4.39 Å². The van der Waals surface area contributed by atoms with Crippen molar-refractivity contribution in [3.63, 3.8) is 0 Å². The number of carbonyl (C=O) groups is 1. The molecule has 0 spiro atoms. The molecule has 1 aliphatic rings. The fraction of sp³-hybridized carbons (Fsp3) is 0.400. The van der Waals surface area contributed by atoms with Gasteiger partial charge in [-0.3, -0.25) is 0 Å². The molecule has 1 aromatic heterocycles. The van der Waals surface area contributed by atoms with Crippen molar-refractivity contribution in [3.05, 3.63) is 59.9 Å². The minimum Gasteiger partial charge on any atom is -0.449 e. The maximum absolute atomic E-state index is 14.3. The zero-order valence-corrected chi connectivity index (χ0v) is 15.5. The van der Waals surface area contributed by atoms with Crippen molar-refractivity contribution in [2.24, 2.45) is 0 Å². The molecule has 6 heteroatoms. The molecule has 136 valence electrons. The Morgan fingerprint density at radius 2 is 2.04 bits per heavy atom. The number of rotatable bonds is 5. The summed E-state index contributed by atoms with van der Waals surface area (Å²) < 4.78 is 21.6. The first-order chi connectivity index (χ1) is 12.6. The predicted octanol–water partition coefficient (Wildman–Crippen LogP) is 4.65. The van der Waals surface area contributed by atoms with E-state index in [1.807, 2.05) is 37.3 Å². The number of hydrogen-bond donors (Lipinski definition) is 0. The van der Waals surface area contributed by atoms with Gasteiger partial charge in [0.2, 0.25) is 5.95 Å². The molecule has 2 aromatic rings. The van der Waals surface area contributed by atoms with Gasteiger partial charge >= 0.3 is 5.97 Å². The van der Waals surface area contributed by atoms with Crippen LogP contribution >= 0.6 is 12.2 Å². The summed E-state index contributed by atoms with van der Waals surface area (Å²) in [6, 6.07) is 9.31. The zero-order chi connectivity index (χ0) is 18.6. The molecule has 1 aromatic carbocycles. The Bertz CT molecular complexity index is 822. The molecule has 1 heterocycles. The molecule has 0 aliphatic heterocycles. The summed E-state index contributed by atoms with van der Waals surface area (Å²) in [5.41, 5.74) is -0.0107. The Morgan fingerprint density at radius 1 is 1.35 bits per heavy atom. The first-order valence-corrected chi connectivity index (χ1v) is 9.20. The van der Waals surface area contributed by atoms with Crippen molar-refractivity contribution in [1.29, 1.82) is 0 Å². The first-order valence-electron chi connectivity index (χ1n) is 8.79. The first kappa shape index (κ1) is 18.5. The summed E-state index contributed by atoms with van der Waals surface area (Å²) in [5, 5.41) is 2.57. The summed E-state index contributed by atoms with van der Waals surface area (Å²) in [4.78, 5) is 16.5. The number of hydrogen-bond acceptors (Lipinski definition) is 4. The van der Waals surface area contributed by atoms with Crippen LogP contribution in [0.3, 0.4) is 0 Å². The number of nitrogens with zero attached hydrogens (tertiary/aromatic N) is 2. The Kier molecular flexibility index (Phi) is 5.64. The van der Waals surface area contributed by atoms with E-state index in [4.69, 9.17) is 17.0 Å². The highest BCUT2D eigenvalue weighted by molar-refractivity contribution is 7.78. The monoisotopic (exact) mass is 372 g/mol. The van der Waals surface area contributed by atoms with Crippen LogP contribution in [0, 0.1) is 5.95 Å². The van der Waals surface area contributed by atoms with Crippen LogP contribution < -0.4 is 0 Å². The van der Waals surface area contributed by atoms with Crippen LogP contribution in [0.25, 0.3) is 0 Å². The highest BCUT2D eigenvalue weighted by Gasteiger charge is 2.36. The van der Waals surface area contributed by atoms with Crippen molar-refractivity contribution >= 4 is 23.2 Å². The molecule has 0 N–H and O–H groups in total. The molecule has 3 rings (SSSR count). The molecule has 0 unspecified atom stereocenters. The van der Waals surface area contributed by atoms with Crippen molar-refractivity contribution < 1.29 is 13.9 Å². The summed E-state index contributed by atoms with van der Waals surface area (Å²) in [7, 11) is 0. The quantitative estimate of drug-likeness (QED) is 0.566. The van der Waals surface area contributed by atoms with E-state index in [0.29, 0.717) is 12.8 Å². The Balaban J connectivity index is 1.90. The third kappa shape index (κ3) is 3.76. The number of esters is 1. The normalized spacial score (nSPS) is 17.2. The molecule has 0 radical (unpaired) electrons. The third-order valence-electron chi connectivity index (χ3n) is 4.96. The van der Waals surface area contributed by atoms with E-state index in [-0.39, 0.29) is 11.7 Å². The molecule has 0 saturated heterocycles. The van der Waals surface area contributed by atoms with Gasteiger partial charge in [0.25, 0.3) is 0 Å². The lowest BCUT2D eigenvalue weighted by atomic mass is 9.85. The molecule has 0 amide bonds. The van der Waals surface area contributed by atoms with E-state index in [1.54, 1.807) is 6.08 Å². The number of halogens is 1. The van der Waals surface area contributed by atoms with Crippen LogP contribution in [-0.4, -0.2) is 26.1 Å². The SMILES string of the molecule is C[C@H](c1ccccc1)n1cnc(F)c1C(=O)OC1(C=C=S)CCCCC1. The second kappa shape index (κ2) is 7.94. The number of carbonyl (C=O) groups excluding carboxylic acids is 1. The minimum atomic E-state index is -0.824. The number of thiocarbonyl (C=S) groups is 1. The number of imidazole rings is 1. The molecular formula is C20H21FN2O2S. The van der Waals surface area contributed by atoms with E-state index in [9.17, 15) is 9.18 Å².